The number of benzene rings is 1. The number of aryl methyl sites for hydroxylation is 1. The van der Waals surface area contributed by atoms with Crippen LogP contribution in [0.25, 0.3) is 0 Å². The number of rotatable bonds is 6. The maximum absolute atomic E-state index is 11.3. The van der Waals surface area contributed by atoms with Crippen LogP contribution in [0.15, 0.2) is 28.8 Å². The number of carbonyl (C=O) groups is 1. The van der Waals surface area contributed by atoms with Crippen LogP contribution in [-0.4, -0.2) is 28.5 Å². The van der Waals surface area contributed by atoms with Gasteiger partial charge in [0, 0.05) is 6.42 Å². The highest BCUT2D eigenvalue weighted by Crippen LogP contribution is 2.18. The van der Waals surface area contributed by atoms with Gasteiger partial charge >= 0.3 is 5.97 Å². The van der Waals surface area contributed by atoms with E-state index in [-0.39, 0.29) is 11.2 Å². The van der Waals surface area contributed by atoms with Gasteiger partial charge in [0.05, 0.1) is 12.9 Å². The van der Waals surface area contributed by atoms with Gasteiger partial charge in [-0.2, -0.15) is 4.98 Å². The van der Waals surface area contributed by atoms with Gasteiger partial charge in [0.25, 0.3) is 0 Å². The number of esters is 1. The third-order valence-electron chi connectivity index (χ3n) is 3.11. The van der Waals surface area contributed by atoms with Crippen molar-refractivity contribution in [3.05, 3.63) is 47.1 Å². The third-order valence-corrected chi connectivity index (χ3v) is 4.22. The summed E-state index contributed by atoms with van der Waals surface area (Å²) in [6.07, 6.45) is 0.646. The summed E-state index contributed by atoms with van der Waals surface area (Å²) in [6.45, 7) is 3.85. The molecule has 5 nitrogen and oxygen atoms in total. The van der Waals surface area contributed by atoms with Gasteiger partial charge in [-0.1, -0.05) is 29.4 Å². The first-order valence-electron chi connectivity index (χ1n) is 6.65. The van der Waals surface area contributed by atoms with E-state index in [0.717, 1.165) is 0 Å². The van der Waals surface area contributed by atoms with Crippen molar-refractivity contribution >= 4 is 17.7 Å². The first kappa shape index (κ1) is 15.6. The number of carbonyl (C=O) groups excluding carboxylic acids is 1. The lowest BCUT2D eigenvalue weighted by Crippen LogP contribution is -2.14. The van der Waals surface area contributed by atoms with Crippen LogP contribution in [-0.2, 0) is 21.7 Å². The highest BCUT2D eigenvalue weighted by Gasteiger charge is 2.16. The Hall–Kier alpha value is -1.82. The normalized spacial score (nSPS) is 12.1. The number of aromatic nitrogens is 2. The molecule has 0 N–H and O–H groups in total. The molecule has 0 radical (unpaired) electrons. The van der Waals surface area contributed by atoms with E-state index in [9.17, 15) is 4.79 Å². The molecule has 0 aliphatic heterocycles. The highest BCUT2D eigenvalue weighted by molar-refractivity contribution is 7.99. The molecule has 112 valence electrons. The van der Waals surface area contributed by atoms with Crippen molar-refractivity contribution in [1.29, 1.82) is 0 Å². The molecule has 21 heavy (non-hydrogen) atoms. The Morgan fingerprint density at radius 3 is 2.90 bits per heavy atom. The maximum atomic E-state index is 11.3. The molecule has 0 saturated carbocycles. The molecule has 6 heteroatoms. The van der Waals surface area contributed by atoms with Crippen LogP contribution in [0.2, 0.25) is 0 Å². The first-order valence-corrected chi connectivity index (χ1v) is 7.70. The quantitative estimate of drug-likeness (QED) is 0.765. The lowest BCUT2D eigenvalue weighted by molar-refractivity contribution is -0.139. The standard InChI is InChI=1S/C15H18N2O3S/c1-10-6-4-5-7-12(10)8-13-16-14(20-17-13)9-21-11(2)15(18)19-3/h4-7,11H,8-9H2,1-3H3. The van der Waals surface area contributed by atoms with Crippen LogP contribution in [0.3, 0.4) is 0 Å². The van der Waals surface area contributed by atoms with Crippen LogP contribution in [0.1, 0.15) is 29.8 Å². The van der Waals surface area contributed by atoms with Crippen molar-refractivity contribution in [3.8, 4) is 0 Å². The topological polar surface area (TPSA) is 65.2 Å². The summed E-state index contributed by atoms with van der Waals surface area (Å²) in [6, 6.07) is 8.12. The zero-order valence-electron chi connectivity index (χ0n) is 12.3. The van der Waals surface area contributed by atoms with Crippen molar-refractivity contribution in [1.82, 2.24) is 10.1 Å². The second kappa shape index (κ2) is 7.26. The van der Waals surface area contributed by atoms with Crippen LogP contribution >= 0.6 is 11.8 Å². The fraction of sp³-hybridized carbons (Fsp3) is 0.400. The lowest BCUT2D eigenvalue weighted by Gasteiger charge is -2.05. The third kappa shape index (κ3) is 4.32. The zero-order chi connectivity index (χ0) is 15.2. The zero-order valence-corrected chi connectivity index (χ0v) is 13.1. The summed E-state index contributed by atoms with van der Waals surface area (Å²) in [5, 5.41) is 3.73. The number of methoxy groups -OCH3 is 1. The van der Waals surface area contributed by atoms with Gasteiger partial charge in [-0.25, -0.2) is 0 Å². The minimum absolute atomic E-state index is 0.248. The van der Waals surface area contributed by atoms with Crippen LogP contribution in [0, 0.1) is 6.92 Å². The van der Waals surface area contributed by atoms with E-state index in [0.29, 0.717) is 23.9 Å². The predicted octanol–water partition coefficient (Wildman–Crippen LogP) is 2.76. The van der Waals surface area contributed by atoms with Crippen molar-refractivity contribution < 1.29 is 14.1 Å². The fourth-order valence-electron chi connectivity index (χ4n) is 1.83. The lowest BCUT2D eigenvalue weighted by atomic mass is 10.1. The van der Waals surface area contributed by atoms with E-state index in [1.165, 1.54) is 30.0 Å². The Kier molecular flexibility index (Phi) is 5.38. The average molecular weight is 306 g/mol. The van der Waals surface area contributed by atoms with Crippen LogP contribution in [0.4, 0.5) is 0 Å². The molecular weight excluding hydrogens is 288 g/mol. The molecule has 0 aliphatic carbocycles. The van der Waals surface area contributed by atoms with Crippen molar-refractivity contribution in [2.24, 2.45) is 0 Å². The van der Waals surface area contributed by atoms with Gasteiger partial charge in [-0.15, -0.1) is 11.8 Å². The van der Waals surface area contributed by atoms with Gasteiger partial charge in [0.1, 0.15) is 5.25 Å². The van der Waals surface area contributed by atoms with Gasteiger partial charge < -0.3 is 9.26 Å². The first-order chi connectivity index (χ1) is 10.1. The molecule has 1 aromatic carbocycles. The molecule has 0 spiro atoms. The van der Waals surface area contributed by atoms with Crippen LogP contribution < -0.4 is 0 Å². The predicted molar refractivity (Wildman–Crippen MR) is 81.1 cm³/mol. The van der Waals surface area contributed by atoms with E-state index in [4.69, 9.17) is 4.52 Å². The van der Waals surface area contributed by atoms with E-state index in [1.807, 2.05) is 12.1 Å². The molecule has 2 rings (SSSR count). The Morgan fingerprint density at radius 2 is 2.19 bits per heavy atom. The maximum Gasteiger partial charge on any atom is 0.318 e. The minimum Gasteiger partial charge on any atom is -0.468 e. The monoisotopic (exact) mass is 306 g/mol. The Bertz CT molecular complexity index is 612. The highest BCUT2D eigenvalue weighted by atomic mass is 32.2. The summed E-state index contributed by atoms with van der Waals surface area (Å²) in [7, 11) is 1.38. The second-order valence-corrected chi connectivity index (χ2v) is 6.01. The smallest absolute Gasteiger partial charge is 0.318 e. The van der Waals surface area contributed by atoms with Crippen molar-refractivity contribution in [3.63, 3.8) is 0 Å². The summed E-state index contributed by atoms with van der Waals surface area (Å²) in [5.41, 5.74) is 2.39. The molecule has 1 aromatic heterocycles. The van der Waals surface area contributed by atoms with E-state index >= 15 is 0 Å². The summed E-state index contributed by atoms with van der Waals surface area (Å²) < 4.78 is 9.88. The second-order valence-electron chi connectivity index (χ2n) is 4.68. The average Bonchev–Trinajstić information content (AvgIpc) is 2.94. The minimum atomic E-state index is -0.250. The SMILES string of the molecule is COC(=O)C(C)SCc1nc(Cc2ccccc2C)no1. The summed E-state index contributed by atoms with van der Waals surface area (Å²) >= 11 is 1.41. The Morgan fingerprint density at radius 1 is 1.43 bits per heavy atom. The molecule has 1 atom stereocenters. The molecule has 0 bridgehead atoms. The van der Waals surface area contributed by atoms with Crippen molar-refractivity contribution in [2.75, 3.05) is 7.11 Å². The van der Waals surface area contributed by atoms with E-state index in [2.05, 4.69) is 33.9 Å². The number of hydrogen-bond donors (Lipinski definition) is 0. The molecule has 0 aliphatic rings. The number of hydrogen-bond acceptors (Lipinski definition) is 6. The molecular formula is C15H18N2O3S. The molecule has 2 aromatic rings. The summed E-state index contributed by atoms with van der Waals surface area (Å²) in [5.74, 6) is 1.43. The molecule has 0 saturated heterocycles. The molecule has 1 heterocycles. The van der Waals surface area contributed by atoms with Crippen LogP contribution in [0.5, 0.6) is 0 Å². The molecule has 0 fully saturated rings. The Balaban J connectivity index is 1.93. The molecule has 0 amide bonds. The van der Waals surface area contributed by atoms with Gasteiger partial charge in [0.2, 0.25) is 5.89 Å². The summed E-state index contributed by atoms with van der Waals surface area (Å²) in [4.78, 5) is 15.7. The Labute approximate surface area is 128 Å². The fourth-order valence-corrected chi connectivity index (χ4v) is 2.57. The molecule has 1 unspecified atom stereocenters. The van der Waals surface area contributed by atoms with Gasteiger partial charge in [-0.05, 0) is 25.0 Å². The van der Waals surface area contributed by atoms with E-state index in [1.54, 1.807) is 6.92 Å². The van der Waals surface area contributed by atoms with Gasteiger partial charge in [-0.3, -0.25) is 4.79 Å². The number of nitrogens with zero attached hydrogens (tertiary/aromatic N) is 2. The number of thioether (sulfide) groups is 1. The van der Waals surface area contributed by atoms with Gasteiger partial charge in [0.15, 0.2) is 5.82 Å². The largest absolute Gasteiger partial charge is 0.468 e. The van der Waals surface area contributed by atoms with Crippen molar-refractivity contribution in [2.45, 2.75) is 31.3 Å². The number of ether oxygens (including phenoxy) is 1. The van der Waals surface area contributed by atoms with E-state index < -0.39 is 0 Å².